The first-order valence-electron chi connectivity index (χ1n) is 5.44. The normalized spacial score (nSPS) is 18.8. The molecule has 18 heavy (non-hydrogen) atoms. The third-order valence-corrected chi connectivity index (χ3v) is 3.05. The summed E-state index contributed by atoms with van der Waals surface area (Å²) in [7, 11) is 0. The van der Waals surface area contributed by atoms with Gasteiger partial charge in [0.05, 0.1) is 6.54 Å². The van der Waals surface area contributed by atoms with Crippen LogP contribution in [0.3, 0.4) is 0 Å². The van der Waals surface area contributed by atoms with Gasteiger partial charge in [-0.15, -0.1) is 0 Å². The van der Waals surface area contributed by atoms with Crippen molar-refractivity contribution in [1.29, 1.82) is 0 Å². The van der Waals surface area contributed by atoms with Crippen molar-refractivity contribution >= 4 is 29.2 Å². The molecule has 0 unspecified atom stereocenters. The lowest BCUT2D eigenvalue weighted by atomic mass is 9.99. The molecule has 0 bridgehead atoms. The number of anilines is 1. The van der Waals surface area contributed by atoms with E-state index in [-0.39, 0.29) is 23.5 Å². The Labute approximate surface area is 109 Å². The average molecular weight is 269 g/mol. The van der Waals surface area contributed by atoms with Crippen molar-refractivity contribution in [2.45, 2.75) is 26.3 Å². The van der Waals surface area contributed by atoms with Crippen molar-refractivity contribution in [2.24, 2.45) is 0 Å². The second-order valence-corrected chi connectivity index (χ2v) is 5.01. The van der Waals surface area contributed by atoms with Crippen LogP contribution in [0, 0.1) is 6.92 Å². The second-order valence-electron chi connectivity index (χ2n) is 4.62. The molecule has 2 rings (SSSR count). The van der Waals surface area contributed by atoms with Crippen LogP contribution < -0.4 is 10.2 Å². The molecule has 1 N–H and O–H groups in total. The largest absolute Gasteiger partial charge is 0.333 e. The minimum Gasteiger partial charge on any atom is -0.333 e. The summed E-state index contributed by atoms with van der Waals surface area (Å²) in [5.74, 6) is 0.255. The van der Waals surface area contributed by atoms with Crippen LogP contribution in [0.1, 0.15) is 19.7 Å². The molecule has 2 amide bonds. The number of imide groups is 1. The SMILES string of the molecule is Cc1nc(Cl)cc(N2CC(=O)NC(=O)C2(C)C)n1. The summed E-state index contributed by atoms with van der Waals surface area (Å²) in [4.78, 5) is 33.1. The molecule has 1 saturated heterocycles. The zero-order valence-corrected chi connectivity index (χ0v) is 11.1. The molecule has 0 radical (unpaired) electrons. The van der Waals surface area contributed by atoms with Crippen LogP contribution in [-0.4, -0.2) is 33.9 Å². The third kappa shape index (κ3) is 2.15. The van der Waals surface area contributed by atoms with Gasteiger partial charge in [-0.1, -0.05) is 11.6 Å². The monoisotopic (exact) mass is 268 g/mol. The highest BCUT2D eigenvalue weighted by molar-refractivity contribution is 6.29. The van der Waals surface area contributed by atoms with E-state index in [0.717, 1.165) is 0 Å². The molecule has 1 aliphatic rings. The standard InChI is InChI=1S/C11H13ClN4O2/c1-6-13-7(12)4-8(14-6)16-5-9(17)15-10(18)11(16,2)3/h4H,5H2,1-3H3,(H,15,17,18). The van der Waals surface area contributed by atoms with Gasteiger partial charge in [0.15, 0.2) is 0 Å². The highest BCUT2D eigenvalue weighted by atomic mass is 35.5. The Morgan fingerprint density at radius 1 is 1.39 bits per heavy atom. The predicted molar refractivity (Wildman–Crippen MR) is 66.4 cm³/mol. The Hall–Kier alpha value is -1.69. The van der Waals surface area contributed by atoms with Crippen LogP contribution in [-0.2, 0) is 9.59 Å². The summed E-state index contributed by atoms with van der Waals surface area (Å²) in [5, 5.41) is 2.59. The molecule has 6 nitrogen and oxygen atoms in total. The smallest absolute Gasteiger partial charge is 0.251 e. The number of hydrogen-bond donors (Lipinski definition) is 1. The molecule has 1 fully saturated rings. The summed E-state index contributed by atoms with van der Waals surface area (Å²) in [6.45, 7) is 5.21. The van der Waals surface area contributed by atoms with Gasteiger partial charge in [-0.25, -0.2) is 9.97 Å². The Bertz CT molecular complexity index is 510. The van der Waals surface area contributed by atoms with Crippen LogP contribution in [0.2, 0.25) is 5.15 Å². The van der Waals surface area contributed by atoms with E-state index >= 15 is 0 Å². The molecule has 0 atom stereocenters. The number of aryl methyl sites for hydroxylation is 1. The molecular formula is C11H13ClN4O2. The van der Waals surface area contributed by atoms with Crippen molar-refractivity contribution in [3.63, 3.8) is 0 Å². The zero-order chi connectivity index (χ0) is 13.5. The van der Waals surface area contributed by atoms with Gasteiger partial charge in [-0.2, -0.15) is 0 Å². The first-order chi connectivity index (χ1) is 8.30. The van der Waals surface area contributed by atoms with Crippen LogP contribution >= 0.6 is 11.6 Å². The van der Waals surface area contributed by atoms with Gasteiger partial charge in [0.1, 0.15) is 22.3 Å². The highest BCUT2D eigenvalue weighted by Gasteiger charge is 2.41. The molecule has 7 heteroatoms. The highest BCUT2D eigenvalue weighted by Crippen LogP contribution is 2.26. The number of piperazine rings is 1. The fourth-order valence-corrected chi connectivity index (χ4v) is 2.02. The van der Waals surface area contributed by atoms with E-state index in [0.29, 0.717) is 11.6 Å². The van der Waals surface area contributed by atoms with Gasteiger partial charge >= 0.3 is 0 Å². The Morgan fingerprint density at radius 3 is 2.67 bits per heavy atom. The molecule has 0 saturated carbocycles. The number of nitrogens with one attached hydrogen (secondary N) is 1. The van der Waals surface area contributed by atoms with Gasteiger partial charge in [0, 0.05) is 6.07 Å². The predicted octanol–water partition coefficient (Wildman–Crippen LogP) is 0.680. The first kappa shape index (κ1) is 12.8. The van der Waals surface area contributed by atoms with Crippen LogP contribution in [0.25, 0.3) is 0 Å². The Kier molecular flexibility index (Phi) is 2.98. The minimum absolute atomic E-state index is 0.0610. The fraction of sp³-hybridized carbons (Fsp3) is 0.455. The average Bonchev–Trinajstić information content (AvgIpc) is 2.22. The van der Waals surface area contributed by atoms with Crippen molar-refractivity contribution in [3.05, 3.63) is 17.0 Å². The van der Waals surface area contributed by atoms with Crippen LogP contribution in [0.5, 0.6) is 0 Å². The second kappa shape index (κ2) is 4.20. The molecule has 1 aromatic rings. The van der Waals surface area contributed by atoms with E-state index in [2.05, 4.69) is 15.3 Å². The molecule has 1 aliphatic heterocycles. The van der Waals surface area contributed by atoms with Crippen molar-refractivity contribution in [1.82, 2.24) is 15.3 Å². The van der Waals surface area contributed by atoms with E-state index < -0.39 is 5.54 Å². The van der Waals surface area contributed by atoms with Gasteiger partial charge in [-0.3, -0.25) is 14.9 Å². The van der Waals surface area contributed by atoms with Gasteiger partial charge in [0.25, 0.3) is 5.91 Å². The van der Waals surface area contributed by atoms with Crippen molar-refractivity contribution in [3.8, 4) is 0 Å². The number of carbonyl (C=O) groups is 2. The maximum Gasteiger partial charge on any atom is 0.251 e. The van der Waals surface area contributed by atoms with Gasteiger partial charge in [-0.05, 0) is 20.8 Å². The van der Waals surface area contributed by atoms with E-state index in [1.54, 1.807) is 31.7 Å². The molecule has 0 aromatic carbocycles. The molecule has 0 spiro atoms. The number of halogens is 1. The van der Waals surface area contributed by atoms with E-state index in [4.69, 9.17) is 11.6 Å². The maximum absolute atomic E-state index is 11.8. The van der Waals surface area contributed by atoms with Crippen LogP contribution in [0.4, 0.5) is 5.82 Å². The fourth-order valence-electron chi connectivity index (χ4n) is 1.81. The maximum atomic E-state index is 11.8. The number of hydrogen-bond acceptors (Lipinski definition) is 5. The third-order valence-electron chi connectivity index (χ3n) is 2.85. The molecular weight excluding hydrogens is 256 g/mol. The zero-order valence-electron chi connectivity index (χ0n) is 10.3. The van der Waals surface area contributed by atoms with E-state index in [9.17, 15) is 9.59 Å². The summed E-state index contributed by atoms with van der Waals surface area (Å²) >= 11 is 5.87. The Morgan fingerprint density at radius 2 is 2.06 bits per heavy atom. The minimum atomic E-state index is -0.863. The number of carbonyl (C=O) groups excluding carboxylic acids is 2. The van der Waals surface area contributed by atoms with Crippen molar-refractivity contribution in [2.75, 3.05) is 11.4 Å². The summed E-state index contributed by atoms with van der Waals surface area (Å²) in [5.41, 5.74) is -0.863. The van der Waals surface area contributed by atoms with Gasteiger partial charge < -0.3 is 4.90 Å². The molecule has 96 valence electrons. The van der Waals surface area contributed by atoms with E-state index in [1.807, 2.05) is 0 Å². The quantitative estimate of drug-likeness (QED) is 0.599. The number of nitrogens with zero attached hydrogens (tertiary/aromatic N) is 3. The van der Waals surface area contributed by atoms with Gasteiger partial charge in [0.2, 0.25) is 5.91 Å². The molecule has 2 heterocycles. The lowest BCUT2D eigenvalue weighted by Gasteiger charge is -2.40. The Balaban J connectivity index is 2.46. The molecule has 0 aliphatic carbocycles. The lowest BCUT2D eigenvalue weighted by Crippen LogP contribution is -2.64. The topological polar surface area (TPSA) is 75.2 Å². The number of rotatable bonds is 1. The summed E-state index contributed by atoms with van der Waals surface area (Å²) < 4.78 is 0. The number of aromatic nitrogens is 2. The summed E-state index contributed by atoms with van der Waals surface area (Å²) in [6, 6.07) is 1.54. The lowest BCUT2D eigenvalue weighted by molar-refractivity contribution is -0.135. The van der Waals surface area contributed by atoms with Crippen molar-refractivity contribution < 1.29 is 9.59 Å². The van der Waals surface area contributed by atoms with Crippen LogP contribution in [0.15, 0.2) is 6.07 Å². The first-order valence-corrected chi connectivity index (χ1v) is 5.81. The number of amides is 2. The molecule has 1 aromatic heterocycles. The summed E-state index contributed by atoms with van der Waals surface area (Å²) in [6.07, 6.45) is 0. The van der Waals surface area contributed by atoms with E-state index in [1.165, 1.54) is 0 Å².